The maximum atomic E-state index is 9.61. The summed E-state index contributed by atoms with van der Waals surface area (Å²) in [6.45, 7) is 5.81. The number of nitrogens with one attached hydrogen (secondary N) is 1. The molecule has 0 amide bonds. The Bertz CT molecular complexity index is 275. The molecule has 5 nitrogen and oxygen atoms in total. The Labute approximate surface area is 102 Å². The highest BCUT2D eigenvalue weighted by molar-refractivity contribution is 4.93. The van der Waals surface area contributed by atoms with Crippen molar-refractivity contribution in [1.29, 1.82) is 0 Å². The highest BCUT2D eigenvalue weighted by atomic mass is 16.5. The Hall–Kier alpha value is -1.04. The summed E-state index contributed by atoms with van der Waals surface area (Å²) in [5, 5.41) is 9.61. The van der Waals surface area contributed by atoms with Gasteiger partial charge in [-0.3, -0.25) is 4.68 Å². The Balaban J connectivity index is 1.96. The molecule has 17 heavy (non-hydrogen) atoms. The van der Waals surface area contributed by atoms with Crippen molar-refractivity contribution in [2.24, 2.45) is 0 Å². The Kier molecular flexibility index (Phi) is 6.69. The average Bonchev–Trinajstić information content (AvgIpc) is 2.78. The van der Waals surface area contributed by atoms with E-state index in [0.717, 1.165) is 0 Å². The fourth-order valence-corrected chi connectivity index (χ4v) is 1.27. The quantitative estimate of drug-likeness (QED) is 0.630. The number of hydrogen-bond acceptors (Lipinski definition) is 4. The summed E-state index contributed by atoms with van der Waals surface area (Å²) in [4.78, 5) is 0. The lowest BCUT2D eigenvalue weighted by atomic mass is 10.4. The Morgan fingerprint density at radius 2 is 1.94 bits per heavy atom. The number of ether oxygens (including phenoxy) is 2. The number of aliphatic hydroxyl groups excluding tert-OH is 1. The van der Waals surface area contributed by atoms with Crippen LogP contribution < -0.4 is 5.43 Å². The van der Waals surface area contributed by atoms with Gasteiger partial charge in [-0.1, -0.05) is 0 Å². The maximum Gasteiger partial charge on any atom is 0.0961 e. The van der Waals surface area contributed by atoms with E-state index in [0.29, 0.717) is 26.4 Å². The molecule has 2 N–H and O–H groups in total. The lowest BCUT2D eigenvalue weighted by molar-refractivity contribution is -0.00780. The van der Waals surface area contributed by atoms with Crippen molar-refractivity contribution in [2.75, 3.05) is 31.8 Å². The maximum absolute atomic E-state index is 9.61. The van der Waals surface area contributed by atoms with Crippen molar-refractivity contribution in [3.63, 3.8) is 0 Å². The van der Waals surface area contributed by atoms with Crippen LogP contribution in [-0.2, 0) is 9.47 Å². The molecule has 0 fully saturated rings. The highest BCUT2D eigenvalue weighted by Crippen LogP contribution is 1.90. The standard InChI is InChI=1S/C12H22N2O3/c1-11(2)17-8-7-16-10-12(15)9-13-14-5-3-4-6-14/h3-6,11-13,15H,7-10H2,1-2H3. The van der Waals surface area contributed by atoms with Crippen LogP contribution >= 0.6 is 0 Å². The van der Waals surface area contributed by atoms with Crippen molar-refractivity contribution >= 4 is 0 Å². The van der Waals surface area contributed by atoms with E-state index in [2.05, 4.69) is 5.43 Å². The Morgan fingerprint density at radius 3 is 2.59 bits per heavy atom. The van der Waals surface area contributed by atoms with Crippen LogP contribution in [-0.4, -0.2) is 48.4 Å². The highest BCUT2D eigenvalue weighted by Gasteiger charge is 2.03. The molecular formula is C12H22N2O3. The molecule has 0 aliphatic carbocycles. The van der Waals surface area contributed by atoms with E-state index in [-0.39, 0.29) is 6.10 Å². The minimum absolute atomic E-state index is 0.221. The lowest BCUT2D eigenvalue weighted by Gasteiger charge is -2.14. The van der Waals surface area contributed by atoms with Gasteiger partial charge in [0.25, 0.3) is 0 Å². The molecule has 1 heterocycles. The zero-order chi connectivity index (χ0) is 12.5. The van der Waals surface area contributed by atoms with Crippen molar-refractivity contribution in [1.82, 2.24) is 4.68 Å². The van der Waals surface area contributed by atoms with Gasteiger partial charge in [0.1, 0.15) is 0 Å². The predicted molar refractivity (Wildman–Crippen MR) is 66.6 cm³/mol. The van der Waals surface area contributed by atoms with E-state index in [4.69, 9.17) is 9.47 Å². The summed E-state index contributed by atoms with van der Waals surface area (Å²) >= 11 is 0. The summed E-state index contributed by atoms with van der Waals surface area (Å²) < 4.78 is 12.4. The first-order valence-corrected chi connectivity index (χ1v) is 5.92. The third-order valence-corrected chi connectivity index (χ3v) is 2.10. The van der Waals surface area contributed by atoms with Gasteiger partial charge in [0, 0.05) is 12.4 Å². The van der Waals surface area contributed by atoms with Gasteiger partial charge in [0.05, 0.1) is 38.6 Å². The molecule has 0 radical (unpaired) electrons. The summed E-state index contributed by atoms with van der Waals surface area (Å²) in [6, 6.07) is 3.83. The number of aliphatic hydroxyl groups is 1. The van der Waals surface area contributed by atoms with E-state index in [1.807, 2.05) is 38.4 Å². The minimum Gasteiger partial charge on any atom is -0.389 e. The van der Waals surface area contributed by atoms with Gasteiger partial charge in [-0.2, -0.15) is 0 Å². The molecule has 98 valence electrons. The van der Waals surface area contributed by atoms with Crippen molar-refractivity contribution < 1.29 is 14.6 Å². The monoisotopic (exact) mass is 242 g/mol. The molecular weight excluding hydrogens is 220 g/mol. The molecule has 0 saturated heterocycles. The summed E-state index contributed by atoms with van der Waals surface area (Å²) in [6.07, 6.45) is 3.46. The van der Waals surface area contributed by atoms with E-state index >= 15 is 0 Å². The molecule has 5 heteroatoms. The largest absolute Gasteiger partial charge is 0.389 e. The van der Waals surface area contributed by atoms with Gasteiger partial charge in [-0.25, -0.2) is 0 Å². The minimum atomic E-state index is -0.517. The summed E-state index contributed by atoms with van der Waals surface area (Å²) in [5.41, 5.74) is 3.04. The molecule has 0 aliphatic heterocycles. The molecule has 0 bridgehead atoms. The fourth-order valence-electron chi connectivity index (χ4n) is 1.27. The molecule has 1 atom stereocenters. The average molecular weight is 242 g/mol. The molecule has 1 aromatic heterocycles. The first kappa shape index (κ1) is 14.0. The second-order valence-electron chi connectivity index (χ2n) is 4.10. The number of aromatic nitrogens is 1. The zero-order valence-corrected chi connectivity index (χ0v) is 10.5. The van der Waals surface area contributed by atoms with E-state index in [9.17, 15) is 5.11 Å². The topological polar surface area (TPSA) is 55.6 Å². The smallest absolute Gasteiger partial charge is 0.0961 e. The molecule has 0 aromatic carbocycles. The van der Waals surface area contributed by atoms with Crippen LogP contribution in [0.1, 0.15) is 13.8 Å². The van der Waals surface area contributed by atoms with Crippen LogP contribution in [0.2, 0.25) is 0 Å². The van der Waals surface area contributed by atoms with Crippen LogP contribution in [0.5, 0.6) is 0 Å². The lowest BCUT2D eigenvalue weighted by Crippen LogP contribution is -2.29. The van der Waals surface area contributed by atoms with E-state index in [1.165, 1.54) is 0 Å². The molecule has 1 aromatic rings. The van der Waals surface area contributed by atoms with Gasteiger partial charge in [-0.05, 0) is 26.0 Å². The number of rotatable bonds is 9. The van der Waals surface area contributed by atoms with Crippen LogP contribution in [0.3, 0.4) is 0 Å². The normalized spacial score (nSPS) is 12.9. The van der Waals surface area contributed by atoms with Crippen molar-refractivity contribution in [3.8, 4) is 0 Å². The Morgan fingerprint density at radius 1 is 1.24 bits per heavy atom. The van der Waals surface area contributed by atoms with Crippen LogP contribution in [0.25, 0.3) is 0 Å². The first-order chi connectivity index (χ1) is 8.18. The predicted octanol–water partition coefficient (Wildman–Crippen LogP) is 0.834. The third kappa shape index (κ3) is 6.99. The SMILES string of the molecule is CC(C)OCCOCC(O)CNn1cccc1. The second kappa shape index (κ2) is 8.11. The summed E-state index contributed by atoms with van der Waals surface area (Å²) in [5.74, 6) is 0. The van der Waals surface area contributed by atoms with Crippen LogP contribution in [0, 0.1) is 0 Å². The number of hydrogen-bond donors (Lipinski definition) is 2. The molecule has 1 rings (SSSR count). The third-order valence-electron chi connectivity index (χ3n) is 2.10. The van der Waals surface area contributed by atoms with Gasteiger partial charge in [-0.15, -0.1) is 0 Å². The van der Waals surface area contributed by atoms with Crippen molar-refractivity contribution in [2.45, 2.75) is 26.1 Å². The van der Waals surface area contributed by atoms with Gasteiger partial charge in [0.2, 0.25) is 0 Å². The zero-order valence-electron chi connectivity index (χ0n) is 10.5. The van der Waals surface area contributed by atoms with Crippen LogP contribution in [0.4, 0.5) is 0 Å². The summed E-state index contributed by atoms with van der Waals surface area (Å²) in [7, 11) is 0. The van der Waals surface area contributed by atoms with Gasteiger partial charge in [0.15, 0.2) is 0 Å². The fraction of sp³-hybridized carbons (Fsp3) is 0.667. The number of nitrogens with zero attached hydrogens (tertiary/aromatic N) is 1. The van der Waals surface area contributed by atoms with Crippen LogP contribution in [0.15, 0.2) is 24.5 Å². The van der Waals surface area contributed by atoms with Gasteiger partial charge >= 0.3 is 0 Å². The second-order valence-corrected chi connectivity index (χ2v) is 4.10. The molecule has 0 aliphatic rings. The first-order valence-electron chi connectivity index (χ1n) is 5.92. The molecule has 1 unspecified atom stereocenters. The van der Waals surface area contributed by atoms with Crippen molar-refractivity contribution in [3.05, 3.63) is 24.5 Å². The van der Waals surface area contributed by atoms with E-state index < -0.39 is 6.10 Å². The van der Waals surface area contributed by atoms with Gasteiger partial charge < -0.3 is 20.0 Å². The van der Waals surface area contributed by atoms with E-state index in [1.54, 1.807) is 4.68 Å². The molecule has 0 spiro atoms. The molecule has 0 saturated carbocycles.